The number of carbonyl (C=O) groups is 2. The van der Waals surface area contributed by atoms with E-state index in [2.05, 4.69) is 4.98 Å². The van der Waals surface area contributed by atoms with E-state index in [0.717, 1.165) is 30.4 Å². The van der Waals surface area contributed by atoms with Crippen molar-refractivity contribution in [3.63, 3.8) is 0 Å². The van der Waals surface area contributed by atoms with E-state index < -0.39 is 5.97 Å². The zero-order chi connectivity index (χ0) is 17.4. The fraction of sp³-hybridized carbons (Fsp3) is 0.500. The Hall–Kier alpha value is -2.30. The van der Waals surface area contributed by atoms with E-state index in [1.165, 1.54) is 32.1 Å². The molecule has 0 bridgehead atoms. The van der Waals surface area contributed by atoms with Gasteiger partial charge in [-0.3, -0.25) is 9.59 Å². The Morgan fingerprint density at radius 2 is 1.88 bits per heavy atom. The molecule has 25 heavy (non-hydrogen) atoms. The van der Waals surface area contributed by atoms with E-state index in [9.17, 15) is 14.7 Å². The molecule has 2 aromatic rings. The Labute approximate surface area is 147 Å². The van der Waals surface area contributed by atoms with Gasteiger partial charge < -0.3 is 15.0 Å². The molecule has 1 aromatic carbocycles. The number of likely N-dealkylation sites (tertiary alicyclic amines) is 1. The van der Waals surface area contributed by atoms with Gasteiger partial charge in [0, 0.05) is 29.6 Å². The second-order valence-corrected chi connectivity index (χ2v) is 7.63. The van der Waals surface area contributed by atoms with Crippen LogP contribution < -0.4 is 0 Å². The van der Waals surface area contributed by atoms with Crippen molar-refractivity contribution in [1.29, 1.82) is 0 Å². The van der Waals surface area contributed by atoms with E-state index in [1.807, 2.05) is 29.2 Å². The third kappa shape index (κ3) is 2.92. The van der Waals surface area contributed by atoms with Gasteiger partial charge in [0.1, 0.15) is 5.69 Å². The second-order valence-electron chi connectivity index (χ2n) is 7.63. The summed E-state index contributed by atoms with van der Waals surface area (Å²) in [7, 11) is 0. The van der Waals surface area contributed by atoms with Crippen molar-refractivity contribution in [2.45, 2.75) is 44.9 Å². The number of hydrogen-bond donors (Lipinski definition) is 2. The molecule has 1 spiro atoms. The van der Waals surface area contributed by atoms with Crippen LogP contribution in [0.2, 0.25) is 0 Å². The summed E-state index contributed by atoms with van der Waals surface area (Å²) in [5.41, 5.74) is 2.19. The highest BCUT2D eigenvalue weighted by atomic mass is 16.4. The number of aromatic amines is 1. The number of nitrogens with one attached hydrogen (secondary N) is 1. The number of carboxylic acid groups (broad SMARTS) is 1. The average molecular weight is 340 g/mol. The molecule has 1 amide bonds. The number of benzene rings is 1. The van der Waals surface area contributed by atoms with E-state index in [4.69, 9.17) is 0 Å². The molecule has 0 unspecified atom stereocenters. The topological polar surface area (TPSA) is 73.4 Å². The highest BCUT2D eigenvalue weighted by Crippen LogP contribution is 2.44. The van der Waals surface area contributed by atoms with Crippen molar-refractivity contribution >= 4 is 22.8 Å². The Balaban J connectivity index is 1.65. The van der Waals surface area contributed by atoms with Crippen LogP contribution in [-0.4, -0.2) is 40.0 Å². The quantitative estimate of drug-likeness (QED) is 0.897. The molecule has 4 rings (SSSR count). The molecule has 2 fully saturated rings. The van der Waals surface area contributed by atoms with Gasteiger partial charge in [-0.1, -0.05) is 37.5 Å². The highest BCUT2D eigenvalue weighted by Gasteiger charge is 2.41. The lowest BCUT2D eigenvalue weighted by Gasteiger charge is -2.33. The average Bonchev–Trinajstić information content (AvgIpc) is 3.17. The molecule has 2 heterocycles. The van der Waals surface area contributed by atoms with Crippen LogP contribution in [0.4, 0.5) is 0 Å². The molecule has 1 saturated carbocycles. The number of fused-ring (bicyclic) bond motifs is 1. The van der Waals surface area contributed by atoms with Crippen LogP contribution in [0.1, 0.15) is 54.6 Å². The van der Waals surface area contributed by atoms with E-state index in [0.29, 0.717) is 16.7 Å². The molecule has 2 aliphatic rings. The summed E-state index contributed by atoms with van der Waals surface area (Å²) in [4.78, 5) is 29.6. The first-order valence-corrected chi connectivity index (χ1v) is 9.19. The molecule has 0 atom stereocenters. The Bertz CT molecular complexity index is 817. The molecular formula is C20H24N2O3. The minimum Gasteiger partial charge on any atom is -0.481 e. The zero-order valence-corrected chi connectivity index (χ0v) is 14.4. The third-order valence-electron chi connectivity index (χ3n) is 6.00. The number of hydrogen-bond acceptors (Lipinski definition) is 2. The summed E-state index contributed by atoms with van der Waals surface area (Å²) < 4.78 is 0. The Morgan fingerprint density at radius 1 is 1.12 bits per heavy atom. The normalized spacial score (nSPS) is 19.6. The summed E-state index contributed by atoms with van der Waals surface area (Å²) in [5, 5.41) is 10.1. The maximum absolute atomic E-state index is 13.1. The molecular weight excluding hydrogens is 316 g/mol. The van der Waals surface area contributed by atoms with E-state index >= 15 is 0 Å². The Morgan fingerprint density at radius 3 is 2.64 bits per heavy atom. The lowest BCUT2D eigenvalue weighted by molar-refractivity contribution is -0.136. The first-order valence-electron chi connectivity index (χ1n) is 9.19. The van der Waals surface area contributed by atoms with Crippen LogP contribution in [0.25, 0.3) is 10.9 Å². The third-order valence-corrected chi connectivity index (χ3v) is 6.00. The van der Waals surface area contributed by atoms with Gasteiger partial charge in [-0.25, -0.2) is 0 Å². The summed E-state index contributed by atoms with van der Waals surface area (Å²) in [6.45, 7) is 1.59. The molecule has 0 radical (unpaired) electrons. The predicted octanol–water partition coefficient (Wildman–Crippen LogP) is 3.59. The van der Waals surface area contributed by atoms with E-state index in [1.54, 1.807) is 0 Å². The van der Waals surface area contributed by atoms with Crippen LogP contribution in [0.15, 0.2) is 24.3 Å². The monoisotopic (exact) mass is 340 g/mol. The van der Waals surface area contributed by atoms with Crippen LogP contribution >= 0.6 is 0 Å². The molecule has 1 aliphatic heterocycles. The zero-order valence-electron chi connectivity index (χ0n) is 14.4. The molecule has 1 saturated heterocycles. The van der Waals surface area contributed by atoms with Crippen molar-refractivity contribution < 1.29 is 14.7 Å². The number of para-hydroxylation sites is 1. The number of H-pyrrole nitrogens is 1. The molecule has 1 aliphatic carbocycles. The van der Waals surface area contributed by atoms with Gasteiger partial charge in [0.15, 0.2) is 0 Å². The number of aliphatic carboxylic acids is 1. The van der Waals surface area contributed by atoms with E-state index in [-0.39, 0.29) is 12.3 Å². The predicted molar refractivity (Wildman–Crippen MR) is 95.7 cm³/mol. The van der Waals surface area contributed by atoms with Gasteiger partial charge in [0.25, 0.3) is 5.91 Å². The van der Waals surface area contributed by atoms with Gasteiger partial charge in [-0.2, -0.15) is 0 Å². The first-order chi connectivity index (χ1) is 12.1. The lowest BCUT2D eigenvalue weighted by atomic mass is 9.73. The van der Waals surface area contributed by atoms with Gasteiger partial charge in [-0.15, -0.1) is 0 Å². The first kappa shape index (κ1) is 16.2. The number of nitrogens with zero attached hydrogens (tertiary/aromatic N) is 1. The Kier molecular flexibility index (Phi) is 4.02. The number of carboxylic acids is 1. The minimum absolute atomic E-state index is 0.0464. The number of amides is 1. The minimum atomic E-state index is -0.913. The number of rotatable bonds is 3. The number of aromatic nitrogens is 1. The van der Waals surface area contributed by atoms with Crippen molar-refractivity contribution in [3.8, 4) is 0 Å². The van der Waals surface area contributed by atoms with Gasteiger partial charge in [0.2, 0.25) is 0 Å². The fourth-order valence-electron chi connectivity index (χ4n) is 4.69. The second kappa shape index (κ2) is 6.21. The van der Waals surface area contributed by atoms with Crippen LogP contribution in [0.3, 0.4) is 0 Å². The van der Waals surface area contributed by atoms with Gasteiger partial charge >= 0.3 is 5.97 Å². The number of carbonyl (C=O) groups excluding carboxylic acids is 1. The molecule has 132 valence electrons. The summed E-state index contributed by atoms with van der Waals surface area (Å²) in [5.74, 6) is -0.959. The molecule has 1 aromatic heterocycles. The van der Waals surface area contributed by atoms with Crippen molar-refractivity contribution in [2.24, 2.45) is 5.41 Å². The van der Waals surface area contributed by atoms with Crippen LogP contribution in [0, 0.1) is 5.41 Å². The SMILES string of the molecule is O=C(O)Cc1c(C(=O)N2CCC3(CCCCC3)C2)[nH]c2ccccc12. The van der Waals surface area contributed by atoms with Crippen molar-refractivity contribution in [1.82, 2.24) is 9.88 Å². The van der Waals surface area contributed by atoms with Crippen molar-refractivity contribution in [3.05, 3.63) is 35.5 Å². The summed E-state index contributed by atoms with van der Waals surface area (Å²) in [6.07, 6.45) is 7.20. The molecule has 5 nitrogen and oxygen atoms in total. The summed E-state index contributed by atoms with van der Waals surface area (Å²) in [6, 6.07) is 7.55. The fourth-order valence-corrected chi connectivity index (χ4v) is 4.69. The van der Waals surface area contributed by atoms with Crippen molar-refractivity contribution in [2.75, 3.05) is 13.1 Å². The highest BCUT2D eigenvalue weighted by molar-refractivity contribution is 6.02. The van der Waals surface area contributed by atoms with Gasteiger partial charge in [0.05, 0.1) is 6.42 Å². The lowest BCUT2D eigenvalue weighted by Crippen LogP contribution is -2.34. The summed E-state index contributed by atoms with van der Waals surface area (Å²) >= 11 is 0. The maximum Gasteiger partial charge on any atom is 0.307 e. The smallest absolute Gasteiger partial charge is 0.307 e. The van der Waals surface area contributed by atoms with Crippen LogP contribution in [-0.2, 0) is 11.2 Å². The standard InChI is InChI=1S/C20H24N2O3/c23-17(24)12-15-14-6-2-3-7-16(14)21-18(15)19(25)22-11-10-20(13-22)8-4-1-5-9-20/h2-3,6-7,21H,1,4-5,8-13H2,(H,23,24). The largest absolute Gasteiger partial charge is 0.481 e. The molecule has 2 N–H and O–H groups in total. The van der Waals surface area contributed by atoms with Crippen LogP contribution in [0.5, 0.6) is 0 Å². The van der Waals surface area contributed by atoms with Gasteiger partial charge in [-0.05, 0) is 30.7 Å². The maximum atomic E-state index is 13.1. The molecule has 5 heteroatoms.